The van der Waals surface area contributed by atoms with Crippen molar-refractivity contribution in [2.45, 2.75) is 32.2 Å². The van der Waals surface area contributed by atoms with Crippen molar-refractivity contribution in [2.24, 2.45) is 5.92 Å². The van der Waals surface area contributed by atoms with Gasteiger partial charge >= 0.3 is 0 Å². The Hall–Kier alpha value is -1.42. The van der Waals surface area contributed by atoms with Gasteiger partial charge in [0.15, 0.2) is 0 Å². The number of aromatic nitrogens is 1. The van der Waals surface area contributed by atoms with Gasteiger partial charge in [0.1, 0.15) is 5.69 Å². The van der Waals surface area contributed by atoms with Crippen molar-refractivity contribution in [1.82, 2.24) is 10.3 Å². The quantitative estimate of drug-likeness (QED) is 0.806. The van der Waals surface area contributed by atoms with Crippen LogP contribution < -0.4 is 5.32 Å². The lowest BCUT2D eigenvalue weighted by molar-refractivity contribution is 0.0919. The lowest BCUT2D eigenvalue weighted by Crippen LogP contribution is -2.37. The third kappa shape index (κ3) is 3.27. The third-order valence-corrected chi connectivity index (χ3v) is 3.07. The number of carbonyl (C=O) groups excluding carboxylic acids is 1. The van der Waals surface area contributed by atoms with Crippen LogP contribution in [0.4, 0.5) is 0 Å². The van der Waals surface area contributed by atoms with E-state index in [1.54, 1.807) is 6.07 Å². The number of aryl methyl sites for hydroxylation is 1. The van der Waals surface area contributed by atoms with Gasteiger partial charge in [0.05, 0.1) is 0 Å². The molecule has 1 atom stereocenters. The van der Waals surface area contributed by atoms with E-state index in [4.69, 9.17) is 5.11 Å². The van der Waals surface area contributed by atoms with E-state index in [1.165, 1.54) is 0 Å². The van der Waals surface area contributed by atoms with Gasteiger partial charge < -0.3 is 10.4 Å². The van der Waals surface area contributed by atoms with Crippen LogP contribution in [0.3, 0.4) is 0 Å². The molecule has 1 amide bonds. The topological polar surface area (TPSA) is 62.2 Å². The van der Waals surface area contributed by atoms with Crippen molar-refractivity contribution < 1.29 is 9.90 Å². The largest absolute Gasteiger partial charge is 0.396 e. The maximum atomic E-state index is 12.0. The average Bonchev–Trinajstić information content (AvgIpc) is 3.12. The molecule has 0 aromatic carbocycles. The first-order chi connectivity index (χ1) is 8.20. The van der Waals surface area contributed by atoms with Crippen LogP contribution in [0.1, 0.15) is 35.4 Å². The van der Waals surface area contributed by atoms with Crippen molar-refractivity contribution in [1.29, 1.82) is 0 Å². The number of aliphatic hydroxyl groups excluding tert-OH is 1. The van der Waals surface area contributed by atoms with Crippen LogP contribution in [0.5, 0.6) is 0 Å². The molecule has 0 radical (unpaired) electrons. The molecule has 2 N–H and O–H groups in total. The molecule has 1 fully saturated rings. The molecule has 0 spiro atoms. The molecule has 0 aliphatic heterocycles. The number of pyridine rings is 1. The summed E-state index contributed by atoms with van der Waals surface area (Å²) in [6.45, 7) is 1.98. The second-order valence-corrected chi connectivity index (χ2v) is 4.59. The molecule has 0 bridgehead atoms. The number of nitrogens with one attached hydrogen (secondary N) is 1. The van der Waals surface area contributed by atoms with Crippen LogP contribution in [0.15, 0.2) is 18.2 Å². The molecule has 0 saturated heterocycles. The van der Waals surface area contributed by atoms with E-state index in [9.17, 15) is 4.79 Å². The van der Waals surface area contributed by atoms with Gasteiger partial charge in [-0.2, -0.15) is 0 Å². The minimum absolute atomic E-state index is 0.0924. The third-order valence-electron chi connectivity index (χ3n) is 3.07. The standard InChI is InChI=1S/C13H18N2O2/c1-9-3-2-4-12(14-9)13(17)15-11(7-8-16)10-5-6-10/h2-4,10-11,16H,5-8H2,1H3,(H,15,17). The molecule has 1 unspecified atom stereocenters. The van der Waals surface area contributed by atoms with Crippen LogP contribution in [-0.4, -0.2) is 28.6 Å². The summed E-state index contributed by atoms with van der Waals surface area (Å²) in [7, 11) is 0. The Labute approximate surface area is 101 Å². The summed E-state index contributed by atoms with van der Waals surface area (Å²) in [4.78, 5) is 16.2. The number of carbonyl (C=O) groups is 1. The molecule has 1 aromatic heterocycles. The van der Waals surface area contributed by atoms with Crippen molar-refractivity contribution in [3.63, 3.8) is 0 Å². The van der Waals surface area contributed by atoms with Crippen molar-refractivity contribution in [3.8, 4) is 0 Å². The molecule has 17 heavy (non-hydrogen) atoms. The highest BCUT2D eigenvalue weighted by atomic mass is 16.3. The first kappa shape index (κ1) is 12.0. The molecule has 1 aromatic rings. The molecular formula is C13H18N2O2. The predicted molar refractivity (Wildman–Crippen MR) is 64.7 cm³/mol. The molecule has 4 nitrogen and oxygen atoms in total. The maximum Gasteiger partial charge on any atom is 0.270 e. The molecule has 1 aliphatic rings. The Balaban J connectivity index is 1.99. The van der Waals surface area contributed by atoms with Crippen LogP contribution in [0, 0.1) is 12.8 Å². The zero-order valence-corrected chi connectivity index (χ0v) is 10.0. The fraction of sp³-hybridized carbons (Fsp3) is 0.538. The van der Waals surface area contributed by atoms with E-state index in [0.29, 0.717) is 18.0 Å². The SMILES string of the molecule is Cc1cccc(C(=O)NC(CCO)C2CC2)n1. The minimum atomic E-state index is -0.140. The Kier molecular flexibility index (Phi) is 3.74. The van der Waals surface area contributed by atoms with Gasteiger partial charge in [0, 0.05) is 18.3 Å². The van der Waals surface area contributed by atoms with Gasteiger partial charge in [-0.15, -0.1) is 0 Å². The smallest absolute Gasteiger partial charge is 0.270 e. The summed E-state index contributed by atoms with van der Waals surface area (Å²) in [5, 5.41) is 11.9. The molecule has 1 saturated carbocycles. The highest BCUT2D eigenvalue weighted by Gasteiger charge is 2.32. The van der Waals surface area contributed by atoms with E-state index in [0.717, 1.165) is 18.5 Å². The number of rotatable bonds is 5. The Morgan fingerprint density at radius 2 is 2.35 bits per heavy atom. The lowest BCUT2D eigenvalue weighted by Gasteiger charge is -2.16. The minimum Gasteiger partial charge on any atom is -0.396 e. The van der Waals surface area contributed by atoms with Gasteiger partial charge in [0.25, 0.3) is 5.91 Å². The molecular weight excluding hydrogens is 216 g/mol. The van der Waals surface area contributed by atoms with E-state index in [-0.39, 0.29) is 18.6 Å². The zero-order valence-electron chi connectivity index (χ0n) is 10.0. The Morgan fingerprint density at radius 1 is 1.59 bits per heavy atom. The van der Waals surface area contributed by atoms with Gasteiger partial charge in [-0.1, -0.05) is 6.07 Å². The summed E-state index contributed by atoms with van der Waals surface area (Å²) >= 11 is 0. The second-order valence-electron chi connectivity index (χ2n) is 4.59. The van der Waals surface area contributed by atoms with E-state index in [2.05, 4.69) is 10.3 Å². The van der Waals surface area contributed by atoms with Crippen LogP contribution >= 0.6 is 0 Å². The number of hydrogen-bond acceptors (Lipinski definition) is 3. The van der Waals surface area contributed by atoms with Gasteiger partial charge in [-0.05, 0) is 44.2 Å². The highest BCUT2D eigenvalue weighted by molar-refractivity contribution is 5.92. The van der Waals surface area contributed by atoms with Crippen molar-refractivity contribution in [3.05, 3.63) is 29.6 Å². The normalized spacial score (nSPS) is 16.6. The molecule has 2 rings (SSSR count). The summed E-state index contributed by atoms with van der Waals surface area (Å²) in [6.07, 6.45) is 2.92. The maximum absolute atomic E-state index is 12.0. The molecule has 92 valence electrons. The molecule has 1 heterocycles. The van der Waals surface area contributed by atoms with Crippen LogP contribution in [-0.2, 0) is 0 Å². The summed E-state index contributed by atoms with van der Waals surface area (Å²) in [6, 6.07) is 5.50. The van der Waals surface area contributed by atoms with E-state index in [1.807, 2.05) is 19.1 Å². The van der Waals surface area contributed by atoms with Gasteiger partial charge in [-0.3, -0.25) is 4.79 Å². The fourth-order valence-corrected chi connectivity index (χ4v) is 1.98. The Morgan fingerprint density at radius 3 is 2.94 bits per heavy atom. The number of nitrogens with zero attached hydrogens (tertiary/aromatic N) is 1. The van der Waals surface area contributed by atoms with Crippen molar-refractivity contribution >= 4 is 5.91 Å². The first-order valence-electron chi connectivity index (χ1n) is 6.06. The fourth-order valence-electron chi connectivity index (χ4n) is 1.98. The number of amides is 1. The van der Waals surface area contributed by atoms with Gasteiger partial charge in [-0.25, -0.2) is 4.98 Å². The average molecular weight is 234 g/mol. The van der Waals surface area contributed by atoms with Gasteiger partial charge in [0.2, 0.25) is 0 Å². The summed E-state index contributed by atoms with van der Waals surface area (Å²) < 4.78 is 0. The lowest BCUT2D eigenvalue weighted by atomic mass is 10.1. The van der Waals surface area contributed by atoms with E-state index >= 15 is 0 Å². The van der Waals surface area contributed by atoms with Crippen LogP contribution in [0.25, 0.3) is 0 Å². The monoisotopic (exact) mass is 234 g/mol. The van der Waals surface area contributed by atoms with E-state index < -0.39 is 0 Å². The highest BCUT2D eigenvalue weighted by Crippen LogP contribution is 2.33. The Bertz CT molecular complexity index is 402. The summed E-state index contributed by atoms with van der Waals surface area (Å²) in [5.41, 5.74) is 1.29. The summed E-state index contributed by atoms with van der Waals surface area (Å²) in [5.74, 6) is 0.398. The van der Waals surface area contributed by atoms with Crippen LogP contribution in [0.2, 0.25) is 0 Å². The van der Waals surface area contributed by atoms with Crippen molar-refractivity contribution in [2.75, 3.05) is 6.61 Å². The number of hydrogen-bond donors (Lipinski definition) is 2. The molecule has 4 heteroatoms. The zero-order chi connectivity index (χ0) is 12.3. The number of aliphatic hydroxyl groups is 1. The second kappa shape index (κ2) is 5.27. The predicted octanol–water partition coefficient (Wildman–Crippen LogP) is 1.28. The first-order valence-corrected chi connectivity index (χ1v) is 6.06. The molecule has 1 aliphatic carbocycles.